The van der Waals surface area contributed by atoms with E-state index in [1.54, 1.807) is 4.90 Å². The van der Waals surface area contributed by atoms with Gasteiger partial charge < -0.3 is 10.2 Å². The highest BCUT2D eigenvalue weighted by Crippen LogP contribution is 2.38. The van der Waals surface area contributed by atoms with Crippen LogP contribution in [-0.4, -0.2) is 36.9 Å². The first-order valence-corrected chi connectivity index (χ1v) is 10.4. The Hall–Kier alpha value is -2.66. The summed E-state index contributed by atoms with van der Waals surface area (Å²) in [5, 5.41) is 2.83. The van der Waals surface area contributed by atoms with Crippen LogP contribution in [0.1, 0.15) is 44.2 Å². The Labute approximate surface area is 173 Å². The summed E-state index contributed by atoms with van der Waals surface area (Å²) in [6.45, 7) is 5.96. The highest BCUT2D eigenvalue weighted by molar-refractivity contribution is 6.00. The molecule has 1 aliphatic heterocycles. The van der Waals surface area contributed by atoms with E-state index >= 15 is 0 Å². The lowest BCUT2D eigenvalue weighted by atomic mass is 9.83. The molecule has 0 aliphatic carbocycles. The topological polar surface area (TPSA) is 52.7 Å². The first kappa shape index (κ1) is 21.1. The van der Waals surface area contributed by atoms with E-state index in [0.717, 1.165) is 42.7 Å². The van der Waals surface area contributed by atoms with E-state index in [2.05, 4.69) is 29.3 Å². The zero-order chi connectivity index (χ0) is 20.9. The molecule has 1 unspecified atom stereocenters. The molecule has 3 rings (SSSR count). The molecule has 154 valence electrons. The number of anilines is 1. The zero-order valence-corrected chi connectivity index (χ0v) is 17.6. The number of carbonyl (C=O) groups is 2. The minimum atomic E-state index is -0.687. The van der Waals surface area contributed by atoms with Gasteiger partial charge in [0.1, 0.15) is 5.54 Å². The minimum Gasteiger partial charge on any atom is -0.352 e. The normalized spacial score (nSPS) is 16.2. The predicted molar refractivity (Wildman–Crippen MR) is 117 cm³/mol. The van der Waals surface area contributed by atoms with Crippen molar-refractivity contribution in [2.45, 2.75) is 45.2 Å². The van der Waals surface area contributed by atoms with E-state index in [0.29, 0.717) is 13.0 Å². The minimum absolute atomic E-state index is 0.0475. The third kappa shape index (κ3) is 4.35. The summed E-state index contributed by atoms with van der Waals surface area (Å²) in [7, 11) is 1.86. The van der Waals surface area contributed by atoms with Crippen LogP contribution in [0.3, 0.4) is 0 Å². The Morgan fingerprint density at radius 1 is 1.03 bits per heavy atom. The molecule has 0 bridgehead atoms. The number of benzene rings is 2. The van der Waals surface area contributed by atoms with Crippen LogP contribution < -0.4 is 10.2 Å². The van der Waals surface area contributed by atoms with Gasteiger partial charge in [-0.15, -0.1) is 0 Å². The maximum absolute atomic E-state index is 13.9. The lowest BCUT2D eigenvalue weighted by molar-refractivity contribution is -0.131. The van der Waals surface area contributed by atoms with E-state index in [9.17, 15) is 9.59 Å². The third-order valence-electron chi connectivity index (χ3n) is 5.93. The van der Waals surface area contributed by atoms with Gasteiger partial charge in [-0.1, -0.05) is 49.4 Å². The summed E-state index contributed by atoms with van der Waals surface area (Å²) in [5.74, 6) is 0.0522. The summed E-state index contributed by atoms with van der Waals surface area (Å²) in [4.78, 5) is 29.2. The summed E-state index contributed by atoms with van der Waals surface area (Å²) >= 11 is 0. The number of hydrogen-bond donors (Lipinski definition) is 1. The summed E-state index contributed by atoms with van der Waals surface area (Å²) < 4.78 is 0. The smallest absolute Gasteiger partial charge is 0.251 e. The Kier molecular flexibility index (Phi) is 6.70. The van der Waals surface area contributed by atoms with Crippen molar-refractivity contribution in [3.63, 3.8) is 0 Å². The number of likely N-dealkylation sites (tertiary alicyclic amines) is 1. The van der Waals surface area contributed by atoms with Crippen LogP contribution in [0.15, 0.2) is 54.6 Å². The first-order valence-electron chi connectivity index (χ1n) is 10.4. The molecule has 2 aromatic rings. The molecule has 1 aliphatic rings. The number of nitrogens with one attached hydrogen (secondary N) is 1. The van der Waals surface area contributed by atoms with Gasteiger partial charge in [-0.25, -0.2) is 0 Å². The molecule has 1 saturated heterocycles. The van der Waals surface area contributed by atoms with Crippen molar-refractivity contribution in [3.8, 4) is 0 Å². The standard InChI is InChI=1S/C24H31N3O2/c1-4-24(27-16-8-9-17-27,23(29)26(3)22-10-6-5-7-11-22)21-14-12-20(13-15-21)18-25-19(2)28/h5-7,10-15H,4,8-9,16-18H2,1-3H3,(H,25,28). The van der Waals surface area contributed by atoms with Crippen molar-refractivity contribution in [2.24, 2.45) is 0 Å². The molecule has 0 spiro atoms. The van der Waals surface area contributed by atoms with Gasteiger partial charge in [0.15, 0.2) is 0 Å². The van der Waals surface area contributed by atoms with E-state index in [-0.39, 0.29) is 11.8 Å². The van der Waals surface area contributed by atoms with E-state index in [4.69, 9.17) is 0 Å². The van der Waals surface area contributed by atoms with Crippen LogP contribution in [-0.2, 0) is 21.7 Å². The predicted octanol–water partition coefficient (Wildman–Crippen LogP) is 3.69. The van der Waals surface area contributed by atoms with Gasteiger partial charge in [-0.3, -0.25) is 14.5 Å². The van der Waals surface area contributed by atoms with Crippen LogP contribution in [0.2, 0.25) is 0 Å². The molecule has 1 atom stereocenters. The van der Waals surface area contributed by atoms with Gasteiger partial charge >= 0.3 is 0 Å². The van der Waals surface area contributed by atoms with Gasteiger partial charge in [0.25, 0.3) is 5.91 Å². The first-order chi connectivity index (χ1) is 14.0. The van der Waals surface area contributed by atoms with Crippen LogP contribution >= 0.6 is 0 Å². The number of rotatable bonds is 7. The number of para-hydroxylation sites is 1. The molecule has 5 nitrogen and oxygen atoms in total. The molecule has 5 heteroatoms. The largest absolute Gasteiger partial charge is 0.352 e. The van der Waals surface area contributed by atoms with Crippen molar-refractivity contribution in [1.29, 1.82) is 0 Å². The van der Waals surface area contributed by atoms with Crippen molar-refractivity contribution >= 4 is 17.5 Å². The number of likely N-dealkylation sites (N-methyl/N-ethyl adjacent to an activating group) is 1. The van der Waals surface area contributed by atoms with E-state index < -0.39 is 5.54 Å². The second kappa shape index (κ2) is 9.23. The van der Waals surface area contributed by atoms with Gasteiger partial charge in [0, 0.05) is 26.2 Å². The van der Waals surface area contributed by atoms with Crippen LogP contribution in [0, 0.1) is 0 Å². The average Bonchev–Trinajstić information content (AvgIpc) is 3.29. The number of carbonyl (C=O) groups excluding carboxylic acids is 2. The molecule has 0 radical (unpaired) electrons. The molecule has 1 heterocycles. The maximum Gasteiger partial charge on any atom is 0.251 e. The second-order valence-corrected chi connectivity index (χ2v) is 7.71. The molecule has 1 N–H and O–H groups in total. The van der Waals surface area contributed by atoms with Crippen LogP contribution in [0.25, 0.3) is 0 Å². The van der Waals surface area contributed by atoms with Crippen molar-refractivity contribution < 1.29 is 9.59 Å². The van der Waals surface area contributed by atoms with Gasteiger partial charge in [0.05, 0.1) is 0 Å². The Morgan fingerprint density at radius 2 is 1.66 bits per heavy atom. The molecular weight excluding hydrogens is 362 g/mol. The van der Waals surface area contributed by atoms with E-state index in [1.165, 1.54) is 6.92 Å². The van der Waals surface area contributed by atoms with Crippen LogP contribution in [0.4, 0.5) is 5.69 Å². The highest BCUT2D eigenvalue weighted by atomic mass is 16.2. The number of amides is 2. The zero-order valence-electron chi connectivity index (χ0n) is 17.6. The summed E-state index contributed by atoms with van der Waals surface area (Å²) in [6, 6.07) is 18.0. The molecule has 1 fully saturated rings. The van der Waals surface area contributed by atoms with Crippen molar-refractivity contribution in [3.05, 3.63) is 65.7 Å². The quantitative estimate of drug-likeness (QED) is 0.781. The lowest BCUT2D eigenvalue weighted by Crippen LogP contribution is -2.55. The Bertz CT molecular complexity index is 829. The fourth-order valence-corrected chi connectivity index (χ4v) is 4.29. The highest BCUT2D eigenvalue weighted by Gasteiger charge is 2.46. The monoisotopic (exact) mass is 393 g/mol. The lowest BCUT2D eigenvalue weighted by Gasteiger charge is -2.42. The third-order valence-corrected chi connectivity index (χ3v) is 5.93. The van der Waals surface area contributed by atoms with Gasteiger partial charge in [-0.2, -0.15) is 0 Å². The van der Waals surface area contributed by atoms with Crippen molar-refractivity contribution in [1.82, 2.24) is 10.2 Å². The fraction of sp³-hybridized carbons (Fsp3) is 0.417. The molecular formula is C24H31N3O2. The Morgan fingerprint density at radius 3 is 2.21 bits per heavy atom. The van der Waals surface area contributed by atoms with Gasteiger partial charge in [-0.05, 0) is 55.6 Å². The van der Waals surface area contributed by atoms with Crippen LogP contribution in [0.5, 0.6) is 0 Å². The number of hydrogen-bond acceptors (Lipinski definition) is 3. The molecule has 0 aromatic heterocycles. The fourth-order valence-electron chi connectivity index (χ4n) is 4.29. The van der Waals surface area contributed by atoms with Gasteiger partial charge in [0.2, 0.25) is 5.91 Å². The summed E-state index contributed by atoms with van der Waals surface area (Å²) in [6.07, 6.45) is 2.93. The molecule has 29 heavy (non-hydrogen) atoms. The maximum atomic E-state index is 13.9. The van der Waals surface area contributed by atoms with Crippen molar-refractivity contribution in [2.75, 3.05) is 25.0 Å². The van der Waals surface area contributed by atoms with E-state index in [1.807, 2.05) is 49.5 Å². The molecule has 2 aromatic carbocycles. The summed E-state index contributed by atoms with van der Waals surface area (Å²) in [5.41, 5.74) is 2.26. The SMILES string of the molecule is CCC(C(=O)N(C)c1ccccc1)(c1ccc(CNC(C)=O)cc1)N1CCCC1. The second-order valence-electron chi connectivity index (χ2n) is 7.71. The molecule has 0 saturated carbocycles. The average molecular weight is 394 g/mol. The Balaban J connectivity index is 1.97. The molecule has 2 amide bonds. The number of nitrogens with zero attached hydrogens (tertiary/aromatic N) is 2.